The highest BCUT2D eigenvalue weighted by atomic mass is 32.1. The molecule has 1 aliphatic heterocycles. The second-order valence-corrected chi connectivity index (χ2v) is 6.70. The number of hydrogen-bond acceptors (Lipinski definition) is 4. The fourth-order valence-corrected chi connectivity index (χ4v) is 3.50. The van der Waals surface area contributed by atoms with Crippen molar-refractivity contribution < 1.29 is 13.9 Å². The fourth-order valence-electron chi connectivity index (χ4n) is 2.82. The van der Waals surface area contributed by atoms with Crippen molar-refractivity contribution in [1.29, 1.82) is 0 Å². The van der Waals surface area contributed by atoms with Crippen molar-refractivity contribution in [1.82, 2.24) is 10.2 Å². The summed E-state index contributed by atoms with van der Waals surface area (Å²) in [6.45, 7) is 5.53. The van der Waals surface area contributed by atoms with Gasteiger partial charge in [-0.25, -0.2) is 4.79 Å². The van der Waals surface area contributed by atoms with Gasteiger partial charge in [0.25, 0.3) is 0 Å². The van der Waals surface area contributed by atoms with Gasteiger partial charge in [0.05, 0.1) is 13.2 Å². The molecule has 1 fully saturated rings. The molecule has 0 radical (unpaired) electrons. The highest BCUT2D eigenvalue weighted by Crippen LogP contribution is 2.26. The fraction of sp³-hybridized carbons (Fsp3) is 0.471. The smallest absolute Gasteiger partial charge is 0.318 e. The van der Waals surface area contributed by atoms with Crippen molar-refractivity contribution >= 4 is 17.4 Å². The Labute approximate surface area is 140 Å². The number of carbonyl (C=O) groups excluding carboxylic acids is 1. The molecule has 0 aliphatic carbocycles. The summed E-state index contributed by atoms with van der Waals surface area (Å²) in [5.41, 5.74) is 1.25. The number of aryl methyl sites for hydroxylation is 1. The molecule has 0 unspecified atom stereocenters. The maximum atomic E-state index is 12.6. The Hall–Kier alpha value is -1.79. The first-order chi connectivity index (χ1) is 11.1. The van der Waals surface area contributed by atoms with Crippen LogP contribution in [0.25, 0.3) is 0 Å². The van der Waals surface area contributed by atoms with E-state index < -0.39 is 0 Å². The minimum atomic E-state index is -0.161. The molecule has 1 N–H and O–H groups in total. The third-order valence-electron chi connectivity index (χ3n) is 3.97. The molecule has 2 aromatic rings. The van der Waals surface area contributed by atoms with Crippen LogP contribution in [-0.2, 0) is 11.2 Å². The van der Waals surface area contributed by atoms with Gasteiger partial charge in [-0.2, -0.15) is 11.3 Å². The van der Waals surface area contributed by atoms with E-state index in [1.807, 2.05) is 30.9 Å². The summed E-state index contributed by atoms with van der Waals surface area (Å²) in [5, 5.41) is 7.26. The molecule has 0 bridgehead atoms. The van der Waals surface area contributed by atoms with Gasteiger partial charge in [-0.05, 0) is 54.8 Å². The summed E-state index contributed by atoms with van der Waals surface area (Å²) in [5.74, 6) is 1.62. The van der Waals surface area contributed by atoms with E-state index in [9.17, 15) is 4.79 Å². The first-order valence-electron chi connectivity index (χ1n) is 7.86. The topological polar surface area (TPSA) is 54.7 Å². The average Bonchev–Trinajstić information content (AvgIpc) is 3.18. The van der Waals surface area contributed by atoms with Crippen LogP contribution in [-0.4, -0.2) is 36.7 Å². The van der Waals surface area contributed by atoms with Gasteiger partial charge in [-0.3, -0.25) is 0 Å². The number of nitrogens with one attached hydrogen (secondary N) is 1. The number of nitrogens with zero attached hydrogens (tertiary/aromatic N) is 1. The van der Waals surface area contributed by atoms with Crippen molar-refractivity contribution in [3.05, 3.63) is 46.0 Å². The molecule has 0 saturated carbocycles. The van der Waals surface area contributed by atoms with Gasteiger partial charge in [0, 0.05) is 12.6 Å². The van der Waals surface area contributed by atoms with E-state index in [2.05, 4.69) is 22.1 Å². The van der Waals surface area contributed by atoms with E-state index >= 15 is 0 Å². The predicted octanol–water partition coefficient (Wildman–Crippen LogP) is 3.36. The van der Waals surface area contributed by atoms with Crippen molar-refractivity contribution in [3.63, 3.8) is 0 Å². The van der Waals surface area contributed by atoms with E-state index in [0.29, 0.717) is 19.8 Å². The molecule has 1 aliphatic rings. The van der Waals surface area contributed by atoms with Crippen molar-refractivity contribution in [3.8, 4) is 0 Å². The minimum Gasteiger partial charge on any atom is -0.464 e. The number of thiophene rings is 1. The van der Waals surface area contributed by atoms with Crippen LogP contribution in [0.5, 0.6) is 0 Å². The molecule has 2 aromatic heterocycles. The lowest BCUT2D eigenvalue weighted by Crippen LogP contribution is -2.50. The van der Waals surface area contributed by atoms with Crippen molar-refractivity contribution in [2.24, 2.45) is 0 Å². The van der Waals surface area contributed by atoms with Gasteiger partial charge < -0.3 is 19.4 Å². The minimum absolute atomic E-state index is 0.0601. The maximum absolute atomic E-state index is 12.6. The SMILES string of the molecule is Cc1ccc([C@@H]2COCCN2C(=O)N[C@@H](C)Cc2ccsc2)o1. The highest BCUT2D eigenvalue weighted by molar-refractivity contribution is 7.07. The monoisotopic (exact) mass is 334 g/mol. The Bertz CT molecular complexity index is 638. The Morgan fingerprint density at radius 1 is 1.48 bits per heavy atom. The zero-order chi connectivity index (χ0) is 16.2. The molecule has 2 amide bonds. The third-order valence-corrected chi connectivity index (χ3v) is 4.70. The molecule has 124 valence electrons. The Balaban J connectivity index is 1.64. The quantitative estimate of drug-likeness (QED) is 0.933. The van der Waals surface area contributed by atoms with E-state index in [1.165, 1.54) is 5.56 Å². The molecule has 23 heavy (non-hydrogen) atoms. The maximum Gasteiger partial charge on any atom is 0.318 e. The van der Waals surface area contributed by atoms with Crippen LogP contribution in [0.3, 0.4) is 0 Å². The third kappa shape index (κ3) is 3.95. The molecule has 0 spiro atoms. The lowest BCUT2D eigenvalue weighted by Gasteiger charge is -2.35. The predicted molar refractivity (Wildman–Crippen MR) is 89.7 cm³/mol. The number of urea groups is 1. The number of carbonyl (C=O) groups is 1. The van der Waals surface area contributed by atoms with Gasteiger partial charge in [0.15, 0.2) is 0 Å². The lowest BCUT2D eigenvalue weighted by molar-refractivity contribution is 0.00360. The van der Waals surface area contributed by atoms with Crippen LogP contribution in [0.1, 0.15) is 30.0 Å². The van der Waals surface area contributed by atoms with Crippen LogP contribution in [0.2, 0.25) is 0 Å². The zero-order valence-electron chi connectivity index (χ0n) is 13.5. The summed E-state index contributed by atoms with van der Waals surface area (Å²) >= 11 is 1.68. The van der Waals surface area contributed by atoms with Crippen molar-refractivity contribution in [2.45, 2.75) is 32.4 Å². The Morgan fingerprint density at radius 3 is 3.04 bits per heavy atom. The number of hydrogen-bond donors (Lipinski definition) is 1. The van der Waals surface area contributed by atoms with Crippen LogP contribution < -0.4 is 5.32 Å². The first kappa shape index (κ1) is 16.1. The van der Waals surface area contributed by atoms with E-state index in [0.717, 1.165) is 17.9 Å². The van der Waals surface area contributed by atoms with Gasteiger partial charge in [-0.1, -0.05) is 0 Å². The summed E-state index contributed by atoms with van der Waals surface area (Å²) in [6, 6.07) is 5.79. The van der Waals surface area contributed by atoms with Gasteiger partial charge in [0.2, 0.25) is 0 Å². The summed E-state index contributed by atoms with van der Waals surface area (Å²) in [6.07, 6.45) is 0.837. The average molecular weight is 334 g/mol. The second kappa shape index (κ2) is 7.19. The molecule has 0 aromatic carbocycles. The zero-order valence-corrected chi connectivity index (χ0v) is 14.3. The number of amides is 2. The van der Waals surface area contributed by atoms with E-state index in [-0.39, 0.29) is 18.1 Å². The molecule has 3 heterocycles. The Kier molecular flexibility index (Phi) is 5.03. The Morgan fingerprint density at radius 2 is 2.35 bits per heavy atom. The van der Waals surface area contributed by atoms with E-state index in [4.69, 9.17) is 9.15 Å². The van der Waals surface area contributed by atoms with Crippen molar-refractivity contribution in [2.75, 3.05) is 19.8 Å². The number of furan rings is 1. The van der Waals surface area contributed by atoms with Crippen LogP contribution >= 0.6 is 11.3 Å². The van der Waals surface area contributed by atoms with Gasteiger partial charge in [0.1, 0.15) is 17.6 Å². The molecule has 6 heteroatoms. The molecule has 2 atom stereocenters. The van der Waals surface area contributed by atoms with Crippen LogP contribution in [0.15, 0.2) is 33.4 Å². The summed E-state index contributed by atoms with van der Waals surface area (Å²) < 4.78 is 11.2. The number of ether oxygens (including phenoxy) is 1. The summed E-state index contributed by atoms with van der Waals surface area (Å²) in [4.78, 5) is 14.5. The normalized spacial score (nSPS) is 19.6. The summed E-state index contributed by atoms with van der Waals surface area (Å²) in [7, 11) is 0. The van der Waals surface area contributed by atoms with Crippen LogP contribution in [0, 0.1) is 6.92 Å². The van der Waals surface area contributed by atoms with Gasteiger partial charge in [-0.15, -0.1) is 0 Å². The molecule has 5 nitrogen and oxygen atoms in total. The van der Waals surface area contributed by atoms with E-state index in [1.54, 1.807) is 11.3 Å². The highest BCUT2D eigenvalue weighted by Gasteiger charge is 2.31. The number of rotatable bonds is 4. The lowest BCUT2D eigenvalue weighted by atomic mass is 10.1. The molecular weight excluding hydrogens is 312 g/mol. The largest absolute Gasteiger partial charge is 0.464 e. The molecule has 1 saturated heterocycles. The molecular formula is C17H22N2O3S. The standard InChI is InChI=1S/C17H22N2O3S/c1-12(9-14-5-8-23-11-14)18-17(20)19-6-7-21-10-15(19)16-4-3-13(2)22-16/h3-5,8,11-12,15H,6-7,9-10H2,1-2H3,(H,18,20)/t12-,15-/m0/s1. The van der Waals surface area contributed by atoms with Gasteiger partial charge >= 0.3 is 6.03 Å². The molecule has 3 rings (SSSR count). The first-order valence-corrected chi connectivity index (χ1v) is 8.80. The number of morpholine rings is 1. The van der Waals surface area contributed by atoms with Crippen LogP contribution in [0.4, 0.5) is 4.79 Å². The second-order valence-electron chi connectivity index (χ2n) is 5.92.